The van der Waals surface area contributed by atoms with Crippen molar-refractivity contribution < 1.29 is 14.3 Å². The molecule has 0 aromatic heterocycles. The number of esters is 1. The van der Waals surface area contributed by atoms with Crippen LogP contribution in [0.2, 0.25) is 0 Å². The molecule has 1 rings (SSSR count). The highest BCUT2D eigenvalue weighted by atomic mass is 32.2. The van der Waals surface area contributed by atoms with Gasteiger partial charge >= 0.3 is 5.97 Å². The van der Waals surface area contributed by atoms with Crippen LogP contribution >= 0.6 is 11.8 Å². The van der Waals surface area contributed by atoms with E-state index in [1.54, 1.807) is 0 Å². The summed E-state index contributed by atoms with van der Waals surface area (Å²) in [6.45, 7) is 3.73. The summed E-state index contributed by atoms with van der Waals surface area (Å²) in [6, 6.07) is 0. The summed E-state index contributed by atoms with van der Waals surface area (Å²) >= 11 is 1.85. The molecular weight excluding hydrogens is 260 g/mol. The molecule has 108 valence electrons. The van der Waals surface area contributed by atoms with Crippen molar-refractivity contribution in [1.29, 1.82) is 0 Å². The SMILES string of the molecule is CC(C)OC(=O)CCCSCCCC1=CCCC1=O. The molecule has 0 fully saturated rings. The van der Waals surface area contributed by atoms with Gasteiger partial charge in [0.1, 0.15) is 0 Å². The van der Waals surface area contributed by atoms with E-state index in [9.17, 15) is 9.59 Å². The van der Waals surface area contributed by atoms with Gasteiger partial charge in [0.15, 0.2) is 5.78 Å². The van der Waals surface area contributed by atoms with Gasteiger partial charge in [-0.05, 0) is 56.6 Å². The Balaban J connectivity index is 1.91. The molecule has 0 N–H and O–H groups in total. The zero-order valence-electron chi connectivity index (χ0n) is 11.9. The van der Waals surface area contributed by atoms with Crippen LogP contribution in [0.5, 0.6) is 0 Å². The van der Waals surface area contributed by atoms with Crippen LogP contribution in [-0.4, -0.2) is 29.4 Å². The largest absolute Gasteiger partial charge is 0.463 e. The Morgan fingerprint density at radius 3 is 2.74 bits per heavy atom. The molecule has 1 aliphatic carbocycles. The Kier molecular flexibility index (Phi) is 7.87. The highest BCUT2D eigenvalue weighted by Gasteiger charge is 2.13. The number of thioether (sulfide) groups is 1. The molecule has 0 aromatic rings. The quantitative estimate of drug-likeness (QED) is 0.480. The summed E-state index contributed by atoms with van der Waals surface area (Å²) in [5.74, 6) is 2.28. The van der Waals surface area contributed by atoms with E-state index < -0.39 is 0 Å². The van der Waals surface area contributed by atoms with E-state index in [2.05, 4.69) is 6.08 Å². The third kappa shape index (κ3) is 7.41. The minimum Gasteiger partial charge on any atom is -0.463 e. The standard InChI is InChI=1S/C15H24O3S/c1-12(2)18-15(17)9-5-11-19-10-4-7-13-6-3-8-14(13)16/h6,12H,3-5,7-11H2,1-2H3. The Morgan fingerprint density at radius 2 is 2.11 bits per heavy atom. The minimum absolute atomic E-state index is 0.0163. The van der Waals surface area contributed by atoms with E-state index in [0.717, 1.165) is 42.8 Å². The molecule has 4 heteroatoms. The lowest BCUT2D eigenvalue weighted by Crippen LogP contribution is -2.11. The smallest absolute Gasteiger partial charge is 0.306 e. The monoisotopic (exact) mass is 284 g/mol. The van der Waals surface area contributed by atoms with Crippen molar-refractivity contribution in [1.82, 2.24) is 0 Å². The molecule has 0 aromatic carbocycles. The van der Waals surface area contributed by atoms with Crippen LogP contribution in [0.1, 0.15) is 52.4 Å². The first-order chi connectivity index (χ1) is 9.09. The fourth-order valence-corrected chi connectivity index (χ4v) is 2.90. The summed E-state index contributed by atoms with van der Waals surface area (Å²) in [5, 5.41) is 0. The highest BCUT2D eigenvalue weighted by molar-refractivity contribution is 7.99. The number of allylic oxidation sites excluding steroid dienone is 2. The van der Waals surface area contributed by atoms with Crippen molar-refractivity contribution in [2.45, 2.75) is 58.5 Å². The number of carbonyl (C=O) groups is 2. The average Bonchev–Trinajstić information content (AvgIpc) is 2.73. The molecule has 0 spiro atoms. The van der Waals surface area contributed by atoms with Gasteiger partial charge in [-0.3, -0.25) is 9.59 Å². The molecule has 0 atom stereocenters. The summed E-state index contributed by atoms with van der Waals surface area (Å²) in [6.07, 6.45) is 7.05. The summed E-state index contributed by atoms with van der Waals surface area (Å²) in [7, 11) is 0. The second-order valence-corrected chi connectivity index (χ2v) is 6.27. The van der Waals surface area contributed by atoms with Crippen molar-refractivity contribution in [3.8, 4) is 0 Å². The maximum absolute atomic E-state index is 11.4. The summed E-state index contributed by atoms with van der Waals surface area (Å²) < 4.78 is 5.06. The topological polar surface area (TPSA) is 43.4 Å². The lowest BCUT2D eigenvalue weighted by molar-refractivity contribution is -0.147. The molecule has 0 amide bonds. The van der Waals surface area contributed by atoms with Gasteiger partial charge in [-0.2, -0.15) is 11.8 Å². The summed E-state index contributed by atoms with van der Waals surface area (Å²) in [5.41, 5.74) is 1.03. The number of hydrogen-bond acceptors (Lipinski definition) is 4. The molecule has 1 aliphatic rings. The van der Waals surface area contributed by atoms with Gasteiger partial charge in [0.05, 0.1) is 6.10 Å². The van der Waals surface area contributed by atoms with Crippen LogP contribution in [0.15, 0.2) is 11.6 Å². The molecule has 0 aliphatic heterocycles. The van der Waals surface area contributed by atoms with E-state index in [4.69, 9.17) is 4.74 Å². The Labute approximate surface area is 120 Å². The minimum atomic E-state index is -0.0997. The zero-order chi connectivity index (χ0) is 14.1. The number of ether oxygens (including phenoxy) is 1. The lowest BCUT2D eigenvalue weighted by Gasteiger charge is -2.07. The second kappa shape index (κ2) is 9.18. The maximum Gasteiger partial charge on any atom is 0.306 e. The predicted molar refractivity (Wildman–Crippen MR) is 79.3 cm³/mol. The van der Waals surface area contributed by atoms with E-state index in [0.29, 0.717) is 18.6 Å². The molecule has 0 saturated heterocycles. The van der Waals surface area contributed by atoms with Crippen molar-refractivity contribution >= 4 is 23.5 Å². The average molecular weight is 284 g/mol. The third-order valence-electron chi connectivity index (χ3n) is 2.89. The van der Waals surface area contributed by atoms with Crippen molar-refractivity contribution in [2.75, 3.05) is 11.5 Å². The van der Waals surface area contributed by atoms with Crippen molar-refractivity contribution in [3.63, 3.8) is 0 Å². The van der Waals surface area contributed by atoms with Crippen LogP contribution in [0, 0.1) is 0 Å². The van der Waals surface area contributed by atoms with Crippen molar-refractivity contribution in [2.24, 2.45) is 0 Å². The van der Waals surface area contributed by atoms with Gasteiger partial charge in [-0.1, -0.05) is 6.08 Å². The highest BCUT2D eigenvalue weighted by Crippen LogP contribution is 2.20. The Bertz CT molecular complexity index is 334. The number of rotatable bonds is 9. The third-order valence-corrected chi connectivity index (χ3v) is 4.05. The fourth-order valence-electron chi connectivity index (χ4n) is 2.00. The van der Waals surface area contributed by atoms with Crippen LogP contribution < -0.4 is 0 Å². The zero-order valence-corrected chi connectivity index (χ0v) is 12.8. The number of Topliss-reactive ketones (excluding diaryl/α,β-unsaturated/α-hetero) is 1. The Morgan fingerprint density at radius 1 is 1.37 bits per heavy atom. The van der Waals surface area contributed by atoms with Crippen LogP contribution in [0.4, 0.5) is 0 Å². The molecule has 0 unspecified atom stereocenters. The first-order valence-corrected chi connectivity index (χ1v) is 8.24. The van der Waals surface area contributed by atoms with E-state index in [-0.39, 0.29) is 12.1 Å². The lowest BCUT2D eigenvalue weighted by atomic mass is 10.1. The first-order valence-electron chi connectivity index (χ1n) is 7.09. The maximum atomic E-state index is 11.4. The van der Waals surface area contributed by atoms with Gasteiger partial charge < -0.3 is 4.74 Å². The fraction of sp³-hybridized carbons (Fsp3) is 0.733. The molecule has 0 heterocycles. The molecule has 0 radical (unpaired) electrons. The van der Waals surface area contributed by atoms with Gasteiger partial charge in [-0.25, -0.2) is 0 Å². The van der Waals surface area contributed by atoms with Gasteiger partial charge in [-0.15, -0.1) is 0 Å². The van der Waals surface area contributed by atoms with Crippen LogP contribution in [0.25, 0.3) is 0 Å². The van der Waals surface area contributed by atoms with Crippen LogP contribution in [-0.2, 0) is 14.3 Å². The molecular formula is C15H24O3S. The van der Waals surface area contributed by atoms with Crippen LogP contribution in [0.3, 0.4) is 0 Å². The van der Waals surface area contributed by atoms with E-state index in [1.807, 2.05) is 25.6 Å². The normalized spacial score (nSPS) is 14.9. The summed E-state index contributed by atoms with van der Waals surface area (Å²) in [4.78, 5) is 22.7. The van der Waals surface area contributed by atoms with Gasteiger partial charge in [0.2, 0.25) is 0 Å². The number of carbonyl (C=O) groups excluding carboxylic acids is 2. The van der Waals surface area contributed by atoms with E-state index >= 15 is 0 Å². The molecule has 0 bridgehead atoms. The first kappa shape index (κ1) is 16.3. The van der Waals surface area contributed by atoms with Gasteiger partial charge in [0, 0.05) is 12.8 Å². The Hall–Kier alpha value is -0.770. The second-order valence-electron chi connectivity index (χ2n) is 5.05. The number of hydrogen-bond donors (Lipinski definition) is 0. The van der Waals surface area contributed by atoms with Crippen molar-refractivity contribution in [3.05, 3.63) is 11.6 Å². The predicted octanol–water partition coefficient (Wildman–Crippen LogP) is 3.52. The molecule has 3 nitrogen and oxygen atoms in total. The molecule has 19 heavy (non-hydrogen) atoms. The van der Waals surface area contributed by atoms with E-state index in [1.165, 1.54) is 0 Å². The van der Waals surface area contributed by atoms with Gasteiger partial charge in [0.25, 0.3) is 0 Å². The molecule has 0 saturated carbocycles. The number of ketones is 1.